The zero-order valence-electron chi connectivity index (χ0n) is 11.7. The summed E-state index contributed by atoms with van der Waals surface area (Å²) in [7, 11) is 0. The number of ketones is 1. The van der Waals surface area contributed by atoms with Crippen LogP contribution in [-0.4, -0.2) is 10.8 Å². The van der Waals surface area contributed by atoms with Gasteiger partial charge >= 0.3 is 0 Å². The number of hydrogen-bond acceptors (Lipinski definition) is 2. The van der Waals surface area contributed by atoms with E-state index in [0.717, 1.165) is 31.2 Å². The van der Waals surface area contributed by atoms with Gasteiger partial charge in [-0.2, -0.15) is 0 Å². The SMILES string of the molecule is CCCC/C=C/[C@@H]1CCCC(=O)[C@H]1c1cccnc1. The van der Waals surface area contributed by atoms with Crippen molar-refractivity contribution in [1.29, 1.82) is 0 Å². The summed E-state index contributed by atoms with van der Waals surface area (Å²) in [5.74, 6) is 0.770. The number of Topliss-reactive ketones (excluding diaryl/α,β-unsaturated/α-hetero) is 1. The van der Waals surface area contributed by atoms with Crippen LogP contribution in [0.15, 0.2) is 36.7 Å². The minimum atomic E-state index is 0.0281. The first-order chi connectivity index (χ1) is 9.33. The highest BCUT2D eigenvalue weighted by atomic mass is 16.1. The van der Waals surface area contributed by atoms with E-state index in [9.17, 15) is 4.79 Å². The summed E-state index contributed by atoms with van der Waals surface area (Å²) in [4.78, 5) is 16.4. The lowest BCUT2D eigenvalue weighted by molar-refractivity contribution is -0.122. The molecule has 0 saturated heterocycles. The molecule has 19 heavy (non-hydrogen) atoms. The molecular formula is C17H23NO. The van der Waals surface area contributed by atoms with E-state index in [4.69, 9.17) is 0 Å². The predicted molar refractivity (Wildman–Crippen MR) is 78.0 cm³/mol. The van der Waals surface area contributed by atoms with E-state index in [-0.39, 0.29) is 5.92 Å². The normalized spacial score (nSPS) is 23.9. The molecule has 2 rings (SSSR count). The number of carbonyl (C=O) groups excluding carboxylic acids is 1. The standard InChI is InChI=1S/C17H23NO/c1-2-3-4-5-8-14-9-6-11-16(19)17(14)15-10-7-12-18-13-15/h5,7-8,10,12-14,17H,2-4,6,9,11H2,1H3/b8-5+/t14-,17-/m1/s1. The van der Waals surface area contributed by atoms with Crippen LogP contribution in [0.25, 0.3) is 0 Å². The summed E-state index contributed by atoms with van der Waals surface area (Å²) in [5, 5.41) is 0. The second-order valence-electron chi connectivity index (χ2n) is 5.36. The molecule has 2 heteroatoms. The molecule has 1 saturated carbocycles. The molecule has 1 fully saturated rings. The fourth-order valence-corrected chi connectivity index (χ4v) is 2.87. The molecule has 0 spiro atoms. The molecule has 0 amide bonds. The molecule has 1 aliphatic carbocycles. The highest BCUT2D eigenvalue weighted by Gasteiger charge is 2.31. The van der Waals surface area contributed by atoms with Gasteiger partial charge in [0.25, 0.3) is 0 Å². The molecule has 0 radical (unpaired) electrons. The van der Waals surface area contributed by atoms with Crippen molar-refractivity contribution in [3.8, 4) is 0 Å². The molecule has 0 unspecified atom stereocenters. The number of allylic oxidation sites excluding steroid dienone is 2. The Labute approximate surface area is 115 Å². The van der Waals surface area contributed by atoms with Crippen molar-refractivity contribution in [2.24, 2.45) is 5.92 Å². The molecule has 1 aromatic heterocycles. The number of aromatic nitrogens is 1. The maximum absolute atomic E-state index is 12.2. The molecule has 0 N–H and O–H groups in total. The molecule has 1 aromatic rings. The maximum atomic E-state index is 12.2. The van der Waals surface area contributed by atoms with Crippen LogP contribution in [-0.2, 0) is 4.79 Å². The Kier molecular flexibility index (Phi) is 5.31. The number of hydrogen-bond donors (Lipinski definition) is 0. The second-order valence-corrected chi connectivity index (χ2v) is 5.36. The van der Waals surface area contributed by atoms with Gasteiger partial charge in [0.05, 0.1) is 5.92 Å². The number of rotatable bonds is 5. The van der Waals surface area contributed by atoms with Crippen LogP contribution in [0.2, 0.25) is 0 Å². The van der Waals surface area contributed by atoms with Crippen molar-refractivity contribution in [2.45, 2.75) is 51.4 Å². The Balaban J connectivity index is 2.11. The van der Waals surface area contributed by atoms with Crippen LogP contribution in [0.1, 0.15) is 56.9 Å². The Morgan fingerprint density at radius 1 is 1.47 bits per heavy atom. The molecule has 0 bridgehead atoms. The zero-order chi connectivity index (χ0) is 13.5. The first-order valence-corrected chi connectivity index (χ1v) is 7.42. The summed E-state index contributed by atoms with van der Waals surface area (Å²) in [6, 6.07) is 3.96. The van der Waals surface area contributed by atoms with E-state index >= 15 is 0 Å². The first-order valence-electron chi connectivity index (χ1n) is 7.42. The van der Waals surface area contributed by atoms with Gasteiger partial charge in [-0.15, -0.1) is 0 Å². The van der Waals surface area contributed by atoms with Crippen LogP contribution in [0.3, 0.4) is 0 Å². The third-order valence-electron chi connectivity index (χ3n) is 3.89. The lowest BCUT2D eigenvalue weighted by atomic mass is 9.75. The smallest absolute Gasteiger partial charge is 0.140 e. The van der Waals surface area contributed by atoms with Crippen molar-refractivity contribution in [3.63, 3.8) is 0 Å². The molecule has 0 aromatic carbocycles. The Bertz CT molecular complexity index is 424. The van der Waals surface area contributed by atoms with Crippen LogP contribution in [0.5, 0.6) is 0 Å². The van der Waals surface area contributed by atoms with Crippen LogP contribution in [0.4, 0.5) is 0 Å². The van der Waals surface area contributed by atoms with Gasteiger partial charge in [0.1, 0.15) is 5.78 Å². The molecule has 1 aliphatic rings. The lowest BCUT2D eigenvalue weighted by Crippen LogP contribution is -2.25. The van der Waals surface area contributed by atoms with Crippen LogP contribution >= 0.6 is 0 Å². The summed E-state index contributed by atoms with van der Waals surface area (Å²) in [6.07, 6.45) is 14.6. The zero-order valence-corrected chi connectivity index (χ0v) is 11.7. The quantitative estimate of drug-likeness (QED) is 0.582. The van der Waals surface area contributed by atoms with Gasteiger partial charge in [-0.25, -0.2) is 0 Å². The van der Waals surface area contributed by atoms with E-state index in [1.165, 1.54) is 12.8 Å². The highest BCUT2D eigenvalue weighted by Crippen LogP contribution is 2.36. The fraction of sp³-hybridized carbons (Fsp3) is 0.529. The summed E-state index contributed by atoms with van der Waals surface area (Å²) in [5.41, 5.74) is 1.08. The van der Waals surface area contributed by atoms with Gasteiger partial charge in [-0.1, -0.05) is 38.0 Å². The van der Waals surface area contributed by atoms with Gasteiger partial charge in [0, 0.05) is 18.8 Å². The number of carbonyl (C=O) groups is 1. The largest absolute Gasteiger partial charge is 0.299 e. The average Bonchev–Trinajstić information content (AvgIpc) is 2.45. The van der Waals surface area contributed by atoms with Crippen molar-refractivity contribution in [2.75, 3.05) is 0 Å². The average molecular weight is 257 g/mol. The van der Waals surface area contributed by atoms with Gasteiger partial charge in [0.15, 0.2) is 0 Å². The summed E-state index contributed by atoms with van der Waals surface area (Å²) < 4.78 is 0. The van der Waals surface area contributed by atoms with Crippen molar-refractivity contribution < 1.29 is 4.79 Å². The third-order valence-corrected chi connectivity index (χ3v) is 3.89. The third kappa shape index (κ3) is 3.76. The molecule has 102 valence electrons. The van der Waals surface area contributed by atoms with E-state index in [1.54, 1.807) is 6.20 Å². The van der Waals surface area contributed by atoms with Gasteiger partial charge < -0.3 is 0 Å². The minimum absolute atomic E-state index is 0.0281. The number of nitrogens with zero attached hydrogens (tertiary/aromatic N) is 1. The van der Waals surface area contributed by atoms with Gasteiger partial charge in [-0.05, 0) is 36.8 Å². The Hall–Kier alpha value is -1.44. The van der Waals surface area contributed by atoms with Crippen LogP contribution in [0, 0.1) is 5.92 Å². The van der Waals surface area contributed by atoms with Gasteiger partial charge in [-0.3, -0.25) is 9.78 Å². The van der Waals surface area contributed by atoms with E-state index in [2.05, 4.69) is 24.1 Å². The van der Waals surface area contributed by atoms with E-state index in [1.807, 2.05) is 18.3 Å². The highest BCUT2D eigenvalue weighted by molar-refractivity contribution is 5.87. The first kappa shape index (κ1) is 14.0. The second kappa shape index (κ2) is 7.22. The molecular weight excluding hydrogens is 234 g/mol. The fourth-order valence-electron chi connectivity index (χ4n) is 2.87. The maximum Gasteiger partial charge on any atom is 0.140 e. The molecule has 2 atom stereocenters. The topological polar surface area (TPSA) is 30.0 Å². The molecule has 0 aliphatic heterocycles. The Morgan fingerprint density at radius 2 is 2.37 bits per heavy atom. The van der Waals surface area contributed by atoms with E-state index < -0.39 is 0 Å². The van der Waals surface area contributed by atoms with Crippen LogP contribution < -0.4 is 0 Å². The summed E-state index contributed by atoms with van der Waals surface area (Å²) >= 11 is 0. The minimum Gasteiger partial charge on any atom is -0.299 e. The number of pyridine rings is 1. The lowest BCUT2D eigenvalue weighted by Gasteiger charge is -2.28. The van der Waals surface area contributed by atoms with Crippen molar-refractivity contribution >= 4 is 5.78 Å². The Morgan fingerprint density at radius 3 is 3.11 bits per heavy atom. The molecule has 1 heterocycles. The monoisotopic (exact) mass is 257 g/mol. The number of unbranched alkanes of at least 4 members (excludes halogenated alkanes) is 2. The van der Waals surface area contributed by atoms with Gasteiger partial charge in [0.2, 0.25) is 0 Å². The van der Waals surface area contributed by atoms with Crippen molar-refractivity contribution in [3.05, 3.63) is 42.2 Å². The predicted octanol–water partition coefficient (Wildman–Crippen LogP) is 4.28. The van der Waals surface area contributed by atoms with Crippen molar-refractivity contribution in [1.82, 2.24) is 4.98 Å². The molecule has 2 nitrogen and oxygen atoms in total. The van der Waals surface area contributed by atoms with E-state index in [0.29, 0.717) is 11.7 Å². The summed E-state index contributed by atoms with van der Waals surface area (Å²) in [6.45, 7) is 2.20.